The number of pyridine rings is 1. The Kier molecular flexibility index (Phi) is 4.62. The summed E-state index contributed by atoms with van der Waals surface area (Å²) in [6.07, 6.45) is 0.817. The van der Waals surface area contributed by atoms with Crippen LogP contribution in [0.3, 0.4) is 0 Å². The maximum absolute atomic E-state index is 13.3. The molecule has 1 fully saturated rings. The zero-order chi connectivity index (χ0) is 19.8. The molecule has 8 nitrogen and oxygen atoms in total. The van der Waals surface area contributed by atoms with Crippen molar-refractivity contribution in [2.24, 2.45) is 5.92 Å². The van der Waals surface area contributed by atoms with Gasteiger partial charge < -0.3 is 10.6 Å². The first-order valence-electron chi connectivity index (χ1n) is 8.94. The standard InChI is InChI=1S/C18H19F2N7O/c1-10-4-6-26(17(28)11-3-2-5-22-16(11)21)8-12(10)14-7-13(15(19)20)25-18-23-9-24-27(14)18/h2-3,5,7,9-10,12,15H,4,6,8H2,1H3,(H2,21,22)/t10?,12-/m1/s1. The van der Waals surface area contributed by atoms with Crippen molar-refractivity contribution in [3.8, 4) is 0 Å². The van der Waals surface area contributed by atoms with Crippen LogP contribution in [0.4, 0.5) is 14.6 Å². The van der Waals surface area contributed by atoms with Gasteiger partial charge in [0.05, 0.1) is 11.3 Å². The maximum Gasteiger partial charge on any atom is 0.280 e. The van der Waals surface area contributed by atoms with Crippen molar-refractivity contribution in [1.82, 2.24) is 29.5 Å². The number of anilines is 1. The minimum atomic E-state index is -2.72. The van der Waals surface area contributed by atoms with E-state index in [2.05, 4.69) is 20.1 Å². The lowest BCUT2D eigenvalue weighted by molar-refractivity contribution is 0.0666. The zero-order valence-electron chi connectivity index (χ0n) is 15.2. The Hall–Kier alpha value is -3.17. The Morgan fingerprint density at radius 3 is 2.93 bits per heavy atom. The number of hydrogen-bond donors (Lipinski definition) is 1. The van der Waals surface area contributed by atoms with Crippen LogP contribution in [-0.2, 0) is 0 Å². The summed E-state index contributed by atoms with van der Waals surface area (Å²) < 4.78 is 28.1. The number of alkyl halides is 2. The van der Waals surface area contributed by atoms with Crippen LogP contribution in [0.5, 0.6) is 0 Å². The van der Waals surface area contributed by atoms with Gasteiger partial charge in [0.25, 0.3) is 18.1 Å². The van der Waals surface area contributed by atoms with E-state index in [4.69, 9.17) is 5.73 Å². The summed E-state index contributed by atoms with van der Waals surface area (Å²) in [6.45, 7) is 2.95. The normalized spacial score (nSPS) is 20.1. The highest BCUT2D eigenvalue weighted by Crippen LogP contribution is 2.34. The van der Waals surface area contributed by atoms with Crippen molar-refractivity contribution in [3.05, 3.63) is 47.7 Å². The Morgan fingerprint density at radius 1 is 1.36 bits per heavy atom. The number of aromatic nitrogens is 5. The smallest absolute Gasteiger partial charge is 0.280 e. The summed E-state index contributed by atoms with van der Waals surface area (Å²) in [4.78, 5) is 26.4. The fourth-order valence-electron chi connectivity index (χ4n) is 3.64. The Balaban J connectivity index is 1.70. The molecule has 1 unspecified atom stereocenters. The first-order chi connectivity index (χ1) is 13.5. The molecule has 0 saturated carbocycles. The van der Waals surface area contributed by atoms with Crippen molar-refractivity contribution in [2.45, 2.75) is 25.7 Å². The van der Waals surface area contributed by atoms with E-state index in [1.165, 1.54) is 23.1 Å². The molecule has 0 aromatic carbocycles. The van der Waals surface area contributed by atoms with E-state index < -0.39 is 6.43 Å². The van der Waals surface area contributed by atoms with Crippen molar-refractivity contribution >= 4 is 17.5 Å². The molecule has 0 bridgehead atoms. The van der Waals surface area contributed by atoms with Crippen LogP contribution in [0.25, 0.3) is 5.78 Å². The molecular weight excluding hydrogens is 368 g/mol. The topological polar surface area (TPSA) is 102 Å². The highest BCUT2D eigenvalue weighted by Gasteiger charge is 2.33. The maximum atomic E-state index is 13.3. The van der Waals surface area contributed by atoms with E-state index in [0.29, 0.717) is 24.3 Å². The van der Waals surface area contributed by atoms with Gasteiger partial charge in [-0.2, -0.15) is 10.1 Å². The molecule has 4 heterocycles. The molecule has 28 heavy (non-hydrogen) atoms. The molecule has 3 aromatic heterocycles. The van der Waals surface area contributed by atoms with Crippen molar-refractivity contribution in [1.29, 1.82) is 0 Å². The number of carbonyl (C=O) groups is 1. The van der Waals surface area contributed by atoms with Gasteiger partial charge >= 0.3 is 0 Å². The molecule has 1 aliphatic heterocycles. The summed E-state index contributed by atoms with van der Waals surface area (Å²) >= 11 is 0. The lowest BCUT2D eigenvalue weighted by atomic mass is 9.84. The van der Waals surface area contributed by atoms with Crippen LogP contribution in [0, 0.1) is 5.92 Å². The molecule has 1 saturated heterocycles. The third-order valence-corrected chi connectivity index (χ3v) is 5.22. The van der Waals surface area contributed by atoms with E-state index in [1.807, 2.05) is 6.92 Å². The monoisotopic (exact) mass is 387 g/mol. The third kappa shape index (κ3) is 3.14. The van der Waals surface area contributed by atoms with E-state index >= 15 is 0 Å². The predicted octanol–water partition coefficient (Wildman–Crippen LogP) is 2.30. The van der Waals surface area contributed by atoms with Gasteiger partial charge in [-0.15, -0.1) is 0 Å². The minimum absolute atomic E-state index is 0.125. The number of halogens is 2. The van der Waals surface area contributed by atoms with Crippen molar-refractivity contribution in [2.75, 3.05) is 18.8 Å². The van der Waals surface area contributed by atoms with Gasteiger partial charge in [0.2, 0.25) is 0 Å². The molecule has 0 spiro atoms. The van der Waals surface area contributed by atoms with Crippen LogP contribution in [0.15, 0.2) is 30.7 Å². The number of likely N-dealkylation sites (tertiary alicyclic amines) is 1. The Bertz CT molecular complexity index is 1020. The second-order valence-electron chi connectivity index (χ2n) is 6.94. The predicted molar refractivity (Wildman–Crippen MR) is 96.8 cm³/mol. The Morgan fingerprint density at radius 2 is 2.18 bits per heavy atom. The molecular formula is C18H19F2N7O. The largest absolute Gasteiger partial charge is 0.383 e. The SMILES string of the molecule is CC1CCN(C(=O)c2cccnc2N)C[C@H]1c1cc(C(F)F)nc2ncnn12. The van der Waals surface area contributed by atoms with E-state index in [-0.39, 0.29) is 35.0 Å². The molecule has 1 aliphatic rings. The number of nitrogens with two attached hydrogens (primary N) is 1. The molecule has 1 amide bonds. The fraction of sp³-hybridized carbons (Fsp3) is 0.389. The van der Waals surface area contributed by atoms with Crippen LogP contribution >= 0.6 is 0 Å². The van der Waals surface area contributed by atoms with Gasteiger partial charge in [-0.1, -0.05) is 6.92 Å². The lowest BCUT2D eigenvalue weighted by Crippen LogP contribution is -2.43. The number of fused-ring (bicyclic) bond motifs is 1. The summed E-state index contributed by atoms with van der Waals surface area (Å²) in [5, 5.41) is 4.14. The second-order valence-corrected chi connectivity index (χ2v) is 6.94. The minimum Gasteiger partial charge on any atom is -0.383 e. The number of nitrogen functional groups attached to an aromatic ring is 1. The molecule has 4 rings (SSSR count). The van der Waals surface area contributed by atoms with E-state index in [9.17, 15) is 13.6 Å². The average Bonchev–Trinajstić information content (AvgIpc) is 3.16. The zero-order valence-corrected chi connectivity index (χ0v) is 15.2. The van der Waals surface area contributed by atoms with Crippen molar-refractivity contribution < 1.29 is 13.6 Å². The fourth-order valence-corrected chi connectivity index (χ4v) is 3.64. The highest BCUT2D eigenvalue weighted by molar-refractivity contribution is 5.98. The van der Waals surface area contributed by atoms with Crippen LogP contribution in [-0.4, -0.2) is 48.5 Å². The molecule has 2 N–H and O–H groups in total. The average molecular weight is 387 g/mol. The number of rotatable bonds is 3. The molecule has 146 valence electrons. The Labute approximate surface area is 159 Å². The lowest BCUT2D eigenvalue weighted by Gasteiger charge is -2.37. The summed E-state index contributed by atoms with van der Waals surface area (Å²) in [5.74, 6) is 0.0431. The summed E-state index contributed by atoms with van der Waals surface area (Å²) in [7, 11) is 0. The molecule has 0 aliphatic carbocycles. The van der Waals surface area contributed by atoms with E-state index in [1.54, 1.807) is 17.0 Å². The first kappa shape index (κ1) is 18.2. The van der Waals surface area contributed by atoms with Gasteiger partial charge in [0.15, 0.2) is 0 Å². The van der Waals surface area contributed by atoms with Gasteiger partial charge in [-0.3, -0.25) is 4.79 Å². The van der Waals surface area contributed by atoms with Crippen LogP contribution < -0.4 is 5.73 Å². The number of amides is 1. The number of hydrogen-bond acceptors (Lipinski definition) is 6. The van der Waals surface area contributed by atoms with Crippen LogP contribution in [0.1, 0.15) is 47.4 Å². The molecule has 0 radical (unpaired) electrons. The van der Waals surface area contributed by atoms with Gasteiger partial charge in [-0.25, -0.2) is 23.3 Å². The summed E-state index contributed by atoms with van der Waals surface area (Å²) in [6, 6.07) is 4.65. The molecule has 10 heteroatoms. The first-order valence-corrected chi connectivity index (χ1v) is 8.94. The van der Waals surface area contributed by atoms with Gasteiger partial charge in [0, 0.05) is 25.2 Å². The van der Waals surface area contributed by atoms with Gasteiger partial charge in [-0.05, 0) is 30.5 Å². The summed E-state index contributed by atoms with van der Waals surface area (Å²) in [5.41, 5.74) is 6.41. The second kappa shape index (κ2) is 7.10. The number of nitrogens with zero attached hydrogens (tertiary/aromatic N) is 6. The van der Waals surface area contributed by atoms with E-state index in [0.717, 1.165) is 6.42 Å². The number of carbonyl (C=O) groups excluding carboxylic acids is 1. The number of piperidine rings is 1. The van der Waals surface area contributed by atoms with Gasteiger partial charge in [0.1, 0.15) is 17.8 Å². The third-order valence-electron chi connectivity index (χ3n) is 5.22. The van der Waals surface area contributed by atoms with Crippen molar-refractivity contribution in [3.63, 3.8) is 0 Å². The van der Waals surface area contributed by atoms with Crippen LogP contribution in [0.2, 0.25) is 0 Å². The molecule has 3 aromatic rings. The molecule has 2 atom stereocenters. The highest BCUT2D eigenvalue weighted by atomic mass is 19.3. The quantitative estimate of drug-likeness (QED) is 0.740.